The van der Waals surface area contributed by atoms with Crippen molar-refractivity contribution in [2.45, 2.75) is 6.92 Å². The van der Waals surface area contributed by atoms with E-state index >= 15 is 0 Å². The molecule has 0 aliphatic rings. The number of carbonyl (C=O) groups excluding carboxylic acids is 1. The van der Waals surface area contributed by atoms with Crippen LogP contribution in [0.3, 0.4) is 0 Å². The van der Waals surface area contributed by atoms with Gasteiger partial charge in [-0.1, -0.05) is 6.92 Å². The van der Waals surface area contributed by atoms with E-state index in [0.29, 0.717) is 24.8 Å². The average molecular weight is 273 g/mol. The number of methoxy groups -OCH3 is 1. The zero-order chi connectivity index (χ0) is 13.4. The van der Waals surface area contributed by atoms with Gasteiger partial charge in [-0.3, -0.25) is 4.79 Å². The number of halogens is 1. The van der Waals surface area contributed by atoms with Crippen LogP contribution in [0.15, 0.2) is 18.3 Å². The van der Waals surface area contributed by atoms with E-state index < -0.39 is 0 Å². The fraction of sp³-hybridized carbons (Fsp3) is 0.500. The third-order valence-electron chi connectivity index (χ3n) is 2.22. The SMILES string of the molecule is COCCOc1ccc(NC(=O)C(C)CCl)cn1. The highest BCUT2D eigenvalue weighted by atomic mass is 35.5. The van der Waals surface area contributed by atoms with Gasteiger partial charge in [0.05, 0.1) is 18.5 Å². The first-order valence-corrected chi connectivity index (χ1v) is 6.15. The third kappa shape index (κ3) is 4.89. The monoisotopic (exact) mass is 272 g/mol. The van der Waals surface area contributed by atoms with E-state index in [1.807, 2.05) is 0 Å². The van der Waals surface area contributed by atoms with Gasteiger partial charge in [-0.25, -0.2) is 4.98 Å². The summed E-state index contributed by atoms with van der Waals surface area (Å²) < 4.78 is 10.2. The number of anilines is 1. The normalized spacial score (nSPS) is 11.9. The van der Waals surface area contributed by atoms with Crippen molar-refractivity contribution < 1.29 is 14.3 Å². The van der Waals surface area contributed by atoms with Crippen LogP contribution in [0.25, 0.3) is 0 Å². The minimum atomic E-state index is -0.232. The fourth-order valence-electron chi connectivity index (χ4n) is 1.10. The van der Waals surface area contributed by atoms with Crippen LogP contribution in [-0.4, -0.2) is 37.1 Å². The molecule has 0 saturated carbocycles. The van der Waals surface area contributed by atoms with Gasteiger partial charge < -0.3 is 14.8 Å². The predicted octanol–water partition coefficient (Wildman–Crippen LogP) is 1.92. The Kier molecular flexibility index (Phi) is 6.46. The molecular formula is C12H17ClN2O3. The van der Waals surface area contributed by atoms with Crippen LogP contribution in [0.4, 0.5) is 5.69 Å². The van der Waals surface area contributed by atoms with Crippen molar-refractivity contribution >= 4 is 23.2 Å². The number of hydrogen-bond acceptors (Lipinski definition) is 4. The van der Waals surface area contributed by atoms with Crippen LogP contribution in [0.1, 0.15) is 6.92 Å². The molecule has 1 heterocycles. The van der Waals surface area contributed by atoms with Crippen molar-refractivity contribution in [2.75, 3.05) is 31.5 Å². The number of hydrogen-bond donors (Lipinski definition) is 1. The van der Waals surface area contributed by atoms with E-state index in [-0.39, 0.29) is 17.7 Å². The first kappa shape index (κ1) is 14.7. The summed E-state index contributed by atoms with van der Waals surface area (Å²) in [6.07, 6.45) is 1.54. The summed E-state index contributed by atoms with van der Waals surface area (Å²) in [7, 11) is 1.60. The molecule has 18 heavy (non-hydrogen) atoms. The number of rotatable bonds is 7. The van der Waals surface area contributed by atoms with E-state index in [9.17, 15) is 4.79 Å². The molecule has 0 spiro atoms. The molecule has 0 saturated heterocycles. The fourth-order valence-corrected chi connectivity index (χ4v) is 1.24. The zero-order valence-electron chi connectivity index (χ0n) is 10.5. The summed E-state index contributed by atoms with van der Waals surface area (Å²) in [4.78, 5) is 15.6. The second kappa shape index (κ2) is 7.89. The number of pyridine rings is 1. The lowest BCUT2D eigenvalue weighted by atomic mass is 10.2. The Morgan fingerprint density at radius 2 is 2.28 bits per heavy atom. The Morgan fingerprint density at radius 3 is 2.83 bits per heavy atom. The Bertz CT molecular complexity index is 370. The molecule has 0 radical (unpaired) electrons. The number of alkyl halides is 1. The van der Waals surface area contributed by atoms with Crippen LogP contribution < -0.4 is 10.1 Å². The molecule has 0 aromatic carbocycles. The largest absolute Gasteiger partial charge is 0.475 e. The van der Waals surface area contributed by atoms with Gasteiger partial charge in [0.15, 0.2) is 0 Å². The molecule has 1 N–H and O–H groups in total. The summed E-state index contributed by atoms with van der Waals surface area (Å²) in [6.45, 7) is 2.71. The molecule has 1 atom stereocenters. The standard InChI is InChI=1S/C12H17ClN2O3/c1-9(7-13)12(16)15-10-3-4-11(14-8-10)18-6-5-17-2/h3-4,8-9H,5-7H2,1-2H3,(H,15,16). The lowest BCUT2D eigenvalue weighted by molar-refractivity contribution is -0.118. The van der Waals surface area contributed by atoms with E-state index in [1.165, 1.54) is 0 Å². The van der Waals surface area contributed by atoms with Gasteiger partial charge in [0.2, 0.25) is 11.8 Å². The molecule has 1 unspecified atom stereocenters. The van der Waals surface area contributed by atoms with Gasteiger partial charge in [-0.15, -0.1) is 11.6 Å². The number of aromatic nitrogens is 1. The van der Waals surface area contributed by atoms with Gasteiger partial charge in [-0.2, -0.15) is 0 Å². The van der Waals surface area contributed by atoms with E-state index in [4.69, 9.17) is 21.1 Å². The van der Waals surface area contributed by atoms with Gasteiger partial charge >= 0.3 is 0 Å². The summed E-state index contributed by atoms with van der Waals surface area (Å²) >= 11 is 5.60. The van der Waals surface area contributed by atoms with Crippen molar-refractivity contribution in [1.29, 1.82) is 0 Å². The van der Waals surface area contributed by atoms with Crippen molar-refractivity contribution in [3.63, 3.8) is 0 Å². The second-order valence-electron chi connectivity index (χ2n) is 3.77. The lowest BCUT2D eigenvalue weighted by Gasteiger charge is -2.09. The van der Waals surface area contributed by atoms with Gasteiger partial charge in [0, 0.05) is 25.0 Å². The Morgan fingerprint density at radius 1 is 1.50 bits per heavy atom. The minimum Gasteiger partial charge on any atom is -0.475 e. The maximum atomic E-state index is 11.6. The predicted molar refractivity (Wildman–Crippen MR) is 70.1 cm³/mol. The molecule has 1 aromatic heterocycles. The number of carbonyl (C=O) groups is 1. The smallest absolute Gasteiger partial charge is 0.228 e. The molecule has 0 fully saturated rings. The first-order valence-electron chi connectivity index (χ1n) is 5.62. The zero-order valence-corrected chi connectivity index (χ0v) is 11.2. The number of nitrogens with one attached hydrogen (secondary N) is 1. The number of amides is 1. The van der Waals surface area contributed by atoms with Crippen LogP contribution >= 0.6 is 11.6 Å². The van der Waals surface area contributed by atoms with E-state index in [1.54, 1.807) is 32.4 Å². The first-order chi connectivity index (χ1) is 8.67. The third-order valence-corrected chi connectivity index (χ3v) is 2.68. The number of ether oxygens (including phenoxy) is 2. The summed E-state index contributed by atoms with van der Waals surface area (Å²) in [5.74, 6) is 0.428. The van der Waals surface area contributed by atoms with Gasteiger partial charge in [0.25, 0.3) is 0 Å². The maximum Gasteiger partial charge on any atom is 0.228 e. The van der Waals surface area contributed by atoms with E-state index in [0.717, 1.165) is 0 Å². The molecule has 0 bridgehead atoms. The molecular weight excluding hydrogens is 256 g/mol. The van der Waals surface area contributed by atoms with Gasteiger partial charge in [0.1, 0.15) is 6.61 Å². The van der Waals surface area contributed by atoms with Crippen molar-refractivity contribution in [2.24, 2.45) is 5.92 Å². The molecule has 5 nitrogen and oxygen atoms in total. The second-order valence-corrected chi connectivity index (χ2v) is 4.08. The van der Waals surface area contributed by atoms with Crippen LogP contribution in [0.5, 0.6) is 5.88 Å². The molecule has 6 heteroatoms. The van der Waals surface area contributed by atoms with Crippen LogP contribution in [0, 0.1) is 5.92 Å². The highest BCUT2D eigenvalue weighted by Gasteiger charge is 2.11. The van der Waals surface area contributed by atoms with Crippen LogP contribution in [-0.2, 0) is 9.53 Å². The highest BCUT2D eigenvalue weighted by molar-refractivity contribution is 6.19. The molecule has 1 rings (SSSR count). The topological polar surface area (TPSA) is 60.5 Å². The van der Waals surface area contributed by atoms with Crippen molar-refractivity contribution in [1.82, 2.24) is 4.98 Å². The Labute approximate surface area is 111 Å². The summed E-state index contributed by atoms with van der Waals surface area (Å²) in [5, 5.41) is 2.72. The lowest BCUT2D eigenvalue weighted by Crippen LogP contribution is -2.21. The highest BCUT2D eigenvalue weighted by Crippen LogP contribution is 2.12. The average Bonchev–Trinajstić information content (AvgIpc) is 2.40. The van der Waals surface area contributed by atoms with Crippen molar-refractivity contribution in [3.05, 3.63) is 18.3 Å². The maximum absolute atomic E-state index is 11.6. The van der Waals surface area contributed by atoms with Gasteiger partial charge in [-0.05, 0) is 6.07 Å². The summed E-state index contributed by atoms with van der Waals surface area (Å²) in [5.41, 5.74) is 0.621. The molecule has 0 aliphatic heterocycles. The quantitative estimate of drug-likeness (QED) is 0.609. The van der Waals surface area contributed by atoms with E-state index in [2.05, 4.69) is 10.3 Å². The van der Waals surface area contributed by atoms with Crippen molar-refractivity contribution in [3.8, 4) is 5.88 Å². The number of nitrogens with zero attached hydrogens (tertiary/aromatic N) is 1. The Balaban J connectivity index is 2.47. The van der Waals surface area contributed by atoms with Crippen LogP contribution in [0.2, 0.25) is 0 Å². The molecule has 100 valence electrons. The molecule has 1 amide bonds. The Hall–Kier alpha value is -1.33. The summed E-state index contributed by atoms with van der Waals surface area (Å²) in [6, 6.07) is 3.42. The molecule has 0 aliphatic carbocycles. The molecule has 1 aromatic rings. The minimum absolute atomic E-state index is 0.125.